The summed E-state index contributed by atoms with van der Waals surface area (Å²) in [6.45, 7) is 0. The van der Waals surface area contributed by atoms with Gasteiger partial charge in [-0.25, -0.2) is 8.78 Å². The van der Waals surface area contributed by atoms with Crippen molar-refractivity contribution in [3.63, 3.8) is 0 Å². The summed E-state index contributed by atoms with van der Waals surface area (Å²) in [6.07, 6.45) is -4.49. The van der Waals surface area contributed by atoms with Gasteiger partial charge in [0.05, 0.1) is 0 Å². The molecule has 2 aromatic rings. The van der Waals surface area contributed by atoms with Crippen LogP contribution in [0, 0.1) is 0 Å². The highest BCUT2D eigenvalue weighted by molar-refractivity contribution is 5.45. The highest BCUT2D eigenvalue weighted by Gasteiger charge is 2.63. The third-order valence-electron chi connectivity index (χ3n) is 3.00. The molecule has 0 aliphatic rings. The summed E-state index contributed by atoms with van der Waals surface area (Å²) in [5.41, 5.74) is 4.71. The maximum absolute atomic E-state index is 13.5. The van der Waals surface area contributed by atoms with E-state index in [1.807, 2.05) is 0 Å². The Morgan fingerprint density at radius 3 is 2.00 bits per heavy atom. The molecule has 124 valence electrons. The topological polar surface area (TPSA) is 35.2 Å². The van der Waals surface area contributed by atoms with Gasteiger partial charge in [0.2, 0.25) is 0 Å². The van der Waals surface area contributed by atoms with Crippen molar-refractivity contribution in [3.05, 3.63) is 54.1 Å². The van der Waals surface area contributed by atoms with Crippen molar-refractivity contribution in [3.8, 4) is 11.5 Å². The predicted molar refractivity (Wildman–Crippen MR) is 72.2 cm³/mol. The Morgan fingerprint density at radius 2 is 1.48 bits per heavy atom. The molecule has 0 atom stereocenters. The van der Waals surface area contributed by atoms with Gasteiger partial charge in [0.25, 0.3) is 0 Å². The first-order valence-electron chi connectivity index (χ1n) is 6.32. The molecule has 0 aliphatic carbocycles. The number of anilines is 1. The molecule has 23 heavy (non-hydrogen) atoms. The first-order valence-corrected chi connectivity index (χ1v) is 6.32. The first-order chi connectivity index (χ1) is 10.6. The first kappa shape index (κ1) is 17.0. The highest BCUT2D eigenvalue weighted by atomic mass is 19.3. The van der Waals surface area contributed by atoms with Gasteiger partial charge in [-0.3, -0.25) is 0 Å². The van der Waals surface area contributed by atoms with Gasteiger partial charge < -0.3 is 10.5 Å². The Labute approximate surface area is 127 Å². The fourth-order valence-electron chi connectivity index (χ4n) is 1.78. The van der Waals surface area contributed by atoms with Gasteiger partial charge in [-0.1, -0.05) is 6.07 Å². The summed E-state index contributed by atoms with van der Waals surface area (Å²) in [4.78, 5) is 0. The molecular formula is C15H11F6NO. The van der Waals surface area contributed by atoms with Crippen molar-refractivity contribution >= 4 is 5.69 Å². The number of rotatable bonds is 5. The zero-order valence-electron chi connectivity index (χ0n) is 11.4. The summed E-state index contributed by atoms with van der Waals surface area (Å²) in [6, 6.07) is 9.38. The van der Waals surface area contributed by atoms with E-state index in [1.54, 1.807) is 18.2 Å². The molecule has 0 aromatic heterocycles. The molecule has 2 nitrogen and oxygen atoms in total. The number of halogens is 6. The van der Waals surface area contributed by atoms with Crippen LogP contribution in [0.4, 0.5) is 32.0 Å². The normalized spacial score (nSPS) is 12.5. The van der Waals surface area contributed by atoms with Crippen LogP contribution in [0.1, 0.15) is 5.56 Å². The van der Waals surface area contributed by atoms with Crippen LogP contribution in [-0.4, -0.2) is 12.3 Å². The molecule has 8 heteroatoms. The lowest BCUT2D eigenvalue weighted by Crippen LogP contribution is -2.44. The maximum atomic E-state index is 13.5. The lowest BCUT2D eigenvalue weighted by Gasteiger charge is -2.26. The van der Waals surface area contributed by atoms with E-state index >= 15 is 0 Å². The molecule has 0 amide bonds. The molecule has 0 saturated heterocycles. The number of hydrogen-bond acceptors (Lipinski definition) is 2. The van der Waals surface area contributed by atoms with Crippen molar-refractivity contribution < 1.29 is 31.1 Å². The number of nitrogen functional groups attached to an aromatic ring is 1. The number of hydrogen-bond donors (Lipinski definition) is 1. The van der Waals surface area contributed by atoms with Crippen molar-refractivity contribution in [2.24, 2.45) is 0 Å². The van der Waals surface area contributed by atoms with Gasteiger partial charge in [-0.2, -0.15) is 17.6 Å². The molecule has 0 aliphatic heterocycles. The van der Waals surface area contributed by atoms with Crippen LogP contribution in [0.25, 0.3) is 0 Å². The Kier molecular flexibility index (Phi) is 4.44. The van der Waals surface area contributed by atoms with Gasteiger partial charge in [0, 0.05) is 17.3 Å². The van der Waals surface area contributed by atoms with E-state index in [-0.39, 0.29) is 5.75 Å². The number of nitrogens with two attached hydrogens (primary N) is 1. The minimum Gasteiger partial charge on any atom is -0.457 e. The molecule has 0 spiro atoms. The Balaban J connectivity index is 2.22. The second-order valence-corrected chi connectivity index (χ2v) is 4.70. The van der Waals surface area contributed by atoms with Gasteiger partial charge >= 0.3 is 18.3 Å². The third-order valence-corrected chi connectivity index (χ3v) is 3.00. The average molecular weight is 335 g/mol. The van der Waals surface area contributed by atoms with Crippen LogP contribution >= 0.6 is 0 Å². The van der Waals surface area contributed by atoms with E-state index in [4.69, 9.17) is 10.5 Å². The van der Waals surface area contributed by atoms with Crippen molar-refractivity contribution in [1.29, 1.82) is 0 Å². The van der Waals surface area contributed by atoms with E-state index < -0.39 is 23.8 Å². The van der Waals surface area contributed by atoms with Crippen LogP contribution in [-0.2, 0) is 5.92 Å². The van der Waals surface area contributed by atoms with E-state index in [1.165, 1.54) is 6.07 Å². The Hall–Kier alpha value is -2.38. The van der Waals surface area contributed by atoms with Crippen LogP contribution < -0.4 is 10.5 Å². The summed E-state index contributed by atoms with van der Waals surface area (Å²) >= 11 is 0. The zero-order chi connectivity index (χ0) is 17.3. The standard InChI is InChI=1S/C15H11F6NO/c16-13(17)15(20,21)14(18,19)9-4-6-11(7-5-9)23-12-3-1-2-10(22)8-12/h1-8,13H,22H2. The smallest absolute Gasteiger partial charge is 0.373 e. The molecule has 2 rings (SSSR count). The van der Waals surface area contributed by atoms with E-state index in [0.717, 1.165) is 12.1 Å². The Morgan fingerprint density at radius 1 is 0.870 bits per heavy atom. The lowest BCUT2D eigenvalue weighted by atomic mass is 10.0. The Bertz CT molecular complexity index is 672. The molecule has 2 N–H and O–H groups in total. The van der Waals surface area contributed by atoms with Crippen LogP contribution in [0.5, 0.6) is 11.5 Å². The minimum absolute atomic E-state index is 0.0653. The van der Waals surface area contributed by atoms with Crippen molar-refractivity contribution in [2.45, 2.75) is 18.3 Å². The monoisotopic (exact) mass is 335 g/mol. The van der Waals surface area contributed by atoms with Gasteiger partial charge in [-0.15, -0.1) is 0 Å². The summed E-state index contributed by atoms with van der Waals surface area (Å²) in [5.74, 6) is -10.1. The number of ether oxygens (including phenoxy) is 1. The molecule has 0 bridgehead atoms. The predicted octanol–water partition coefficient (Wildman–Crippen LogP) is 5.05. The van der Waals surface area contributed by atoms with Crippen molar-refractivity contribution in [2.75, 3.05) is 5.73 Å². The minimum atomic E-state index is -5.47. The molecule has 0 unspecified atom stereocenters. The average Bonchev–Trinajstić information content (AvgIpc) is 2.47. The molecule has 0 saturated carbocycles. The van der Waals surface area contributed by atoms with E-state index in [2.05, 4.69) is 0 Å². The molecule has 2 aromatic carbocycles. The van der Waals surface area contributed by atoms with Crippen LogP contribution in [0.3, 0.4) is 0 Å². The lowest BCUT2D eigenvalue weighted by molar-refractivity contribution is -0.270. The van der Waals surface area contributed by atoms with Crippen LogP contribution in [0.2, 0.25) is 0 Å². The quantitative estimate of drug-likeness (QED) is 0.613. The summed E-state index contributed by atoms with van der Waals surface area (Å²) in [7, 11) is 0. The fraction of sp³-hybridized carbons (Fsp3) is 0.200. The fourth-order valence-corrected chi connectivity index (χ4v) is 1.78. The van der Waals surface area contributed by atoms with E-state index in [0.29, 0.717) is 23.6 Å². The zero-order valence-corrected chi connectivity index (χ0v) is 11.4. The second-order valence-electron chi connectivity index (χ2n) is 4.70. The van der Waals surface area contributed by atoms with E-state index in [9.17, 15) is 26.3 Å². The maximum Gasteiger partial charge on any atom is 0.373 e. The number of benzene rings is 2. The van der Waals surface area contributed by atoms with Gasteiger partial charge in [-0.05, 0) is 36.4 Å². The van der Waals surface area contributed by atoms with Gasteiger partial charge in [0.1, 0.15) is 11.5 Å². The third kappa shape index (κ3) is 3.35. The molecule has 0 heterocycles. The SMILES string of the molecule is Nc1cccc(Oc2ccc(C(F)(F)C(F)(F)C(F)F)cc2)c1. The number of alkyl halides is 6. The molecule has 0 radical (unpaired) electrons. The second kappa shape index (κ2) is 6.02. The summed E-state index contributed by atoms with van der Waals surface area (Å²) in [5, 5.41) is 0. The molecule has 0 fully saturated rings. The largest absolute Gasteiger partial charge is 0.457 e. The van der Waals surface area contributed by atoms with Crippen LogP contribution in [0.15, 0.2) is 48.5 Å². The highest BCUT2D eigenvalue weighted by Crippen LogP contribution is 2.46. The summed E-state index contributed by atoms with van der Waals surface area (Å²) < 4.78 is 82.5. The molecular weight excluding hydrogens is 324 g/mol. The van der Waals surface area contributed by atoms with Crippen molar-refractivity contribution in [1.82, 2.24) is 0 Å². The van der Waals surface area contributed by atoms with Gasteiger partial charge in [0.15, 0.2) is 0 Å².